The van der Waals surface area contributed by atoms with Crippen molar-refractivity contribution >= 4 is 22.1 Å². The van der Waals surface area contributed by atoms with E-state index in [0.29, 0.717) is 0 Å². The molecule has 2 N–H and O–H groups in total. The van der Waals surface area contributed by atoms with Crippen LogP contribution in [0.25, 0.3) is 10.8 Å². The first-order valence-electron chi connectivity index (χ1n) is 4.69. The minimum absolute atomic E-state index is 0.0147. The molecule has 0 amide bonds. The van der Waals surface area contributed by atoms with Crippen LogP contribution < -0.4 is 0 Å². The number of hydrogen-bond acceptors (Lipinski definition) is 6. The molecule has 8 nitrogen and oxygen atoms in total. The summed E-state index contributed by atoms with van der Waals surface area (Å²) in [5.74, 6) is -1.56. The van der Waals surface area contributed by atoms with Gasteiger partial charge in [0.15, 0.2) is 5.75 Å². The minimum Gasteiger partial charge on any atom is -0.504 e. The van der Waals surface area contributed by atoms with E-state index in [1.165, 1.54) is 0 Å². The molecule has 2 aromatic carbocycles. The predicted molar refractivity (Wildman–Crippen MR) is 60.6 cm³/mol. The van der Waals surface area contributed by atoms with Crippen molar-refractivity contribution in [3.63, 3.8) is 0 Å². The highest BCUT2D eigenvalue weighted by Crippen LogP contribution is 2.42. The summed E-state index contributed by atoms with van der Waals surface area (Å²) in [5.41, 5.74) is -0.943. The van der Waals surface area contributed by atoms with E-state index in [4.69, 9.17) is 0 Å². The lowest BCUT2D eigenvalue weighted by Gasteiger charge is -2.03. The number of nitro benzene ring substituents is 2. The van der Waals surface area contributed by atoms with Gasteiger partial charge in [0.05, 0.1) is 15.2 Å². The smallest absolute Gasteiger partial charge is 0.322 e. The molecule has 0 radical (unpaired) electrons. The lowest BCUT2D eigenvalue weighted by Crippen LogP contribution is -1.92. The first kappa shape index (κ1) is 11.6. The molecule has 2 rings (SSSR count). The fourth-order valence-electron chi connectivity index (χ4n) is 1.65. The van der Waals surface area contributed by atoms with Gasteiger partial charge in [0.2, 0.25) is 5.75 Å². The second kappa shape index (κ2) is 3.84. The molecule has 2 aromatic rings. The van der Waals surface area contributed by atoms with E-state index in [9.17, 15) is 30.4 Å². The second-order valence-electron chi connectivity index (χ2n) is 3.51. The topological polar surface area (TPSA) is 127 Å². The van der Waals surface area contributed by atoms with Gasteiger partial charge in [-0.05, 0) is 17.5 Å². The Morgan fingerprint density at radius 2 is 1.67 bits per heavy atom. The molecule has 0 aromatic heterocycles. The molecule has 0 fully saturated rings. The molecule has 0 spiro atoms. The molecule has 0 heterocycles. The van der Waals surface area contributed by atoms with Crippen LogP contribution >= 0.6 is 0 Å². The van der Waals surface area contributed by atoms with Gasteiger partial charge in [-0.2, -0.15) is 0 Å². The Morgan fingerprint density at radius 1 is 1.00 bits per heavy atom. The highest BCUT2D eigenvalue weighted by Gasteiger charge is 2.23. The maximum Gasteiger partial charge on any atom is 0.322 e. The number of nitro groups is 2. The fourth-order valence-corrected chi connectivity index (χ4v) is 1.65. The Hall–Kier alpha value is -2.90. The summed E-state index contributed by atoms with van der Waals surface area (Å²) in [5, 5.41) is 40.3. The standard InChI is InChI=1S/C10H6N2O6/c13-8-4-5-3-6(11(15)16)1-2-7(5)9(10(8)14)12(17)18/h1-4,13-14H. The van der Waals surface area contributed by atoms with Gasteiger partial charge in [-0.25, -0.2) is 0 Å². The van der Waals surface area contributed by atoms with E-state index in [1.807, 2.05) is 0 Å². The van der Waals surface area contributed by atoms with Crippen molar-refractivity contribution in [2.24, 2.45) is 0 Å². The van der Waals surface area contributed by atoms with Crippen molar-refractivity contribution in [2.45, 2.75) is 0 Å². The Balaban J connectivity index is 2.87. The van der Waals surface area contributed by atoms with Gasteiger partial charge in [-0.1, -0.05) is 0 Å². The van der Waals surface area contributed by atoms with Crippen molar-refractivity contribution in [2.75, 3.05) is 0 Å². The number of aromatic hydroxyl groups is 2. The van der Waals surface area contributed by atoms with E-state index >= 15 is 0 Å². The van der Waals surface area contributed by atoms with Crippen LogP contribution in [0.5, 0.6) is 11.5 Å². The third-order valence-corrected chi connectivity index (χ3v) is 2.44. The molecule has 0 aliphatic rings. The molecule has 92 valence electrons. The molecule has 0 aliphatic heterocycles. The van der Waals surface area contributed by atoms with Gasteiger partial charge in [-0.15, -0.1) is 0 Å². The number of nitrogens with zero attached hydrogens (tertiary/aromatic N) is 2. The summed E-state index contributed by atoms with van der Waals surface area (Å²) in [4.78, 5) is 19.9. The van der Waals surface area contributed by atoms with Crippen LogP contribution in [-0.4, -0.2) is 20.1 Å². The quantitative estimate of drug-likeness (QED) is 0.477. The lowest BCUT2D eigenvalue weighted by atomic mass is 10.1. The number of hydrogen-bond donors (Lipinski definition) is 2. The molecular formula is C10H6N2O6. The molecular weight excluding hydrogens is 244 g/mol. The number of fused-ring (bicyclic) bond motifs is 1. The Kier molecular flexibility index (Phi) is 2.47. The van der Waals surface area contributed by atoms with Crippen molar-refractivity contribution in [3.05, 3.63) is 44.5 Å². The lowest BCUT2D eigenvalue weighted by molar-refractivity contribution is -0.385. The van der Waals surface area contributed by atoms with Crippen LogP contribution in [-0.2, 0) is 0 Å². The summed E-state index contributed by atoms with van der Waals surface area (Å²) >= 11 is 0. The van der Waals surface area contributed by atoms with Crippen molar-refractivity contribution in [1.29, 1.82) is 0 Å². The summed E-state index contributed by atoms with van der Waals surface area (Å²) in [6.07, 6.45) is 0. The zero-order valence-corrected chi connectivity index (χ0v) is 8.73. The third-order valence-electron chi connectivity index (χ3n) is 2.44. The van der Waals surface area contributed by atoms with E-state index in [1.54, 1.807) is 0 Å². The average Bonchev–Trinajstić information content (AvgIpc) is 2.29. The van der Waals surface area contributed by atoms with Crippen molar-refractivity contribution in [1.82, 2.24) is 0 Å². The normalized spacial score (nSPS) is 10.4. The zero-order valence-electron chi connectivity index (χ0n) is 8.73. The van der Waals surface area contributed by atoms with E-state index in [2.05, 4.69) is 0 Å². The molecule has 8 heteroatoms. The molecule has 0 aliphatic carbocycles. The highest BCUT2D eigenvalue weighted by molar-refractivity contribution is 5.96. The Morgan fingerprint density at radius 3 is 2.22 bits per heavy atom. The van der Waals surface area contributed by atoms with Crippen LogP contribution in [0.3, 0.4) is 0 Å². The SMILES string of the molecule is O=[N+]([O-])c1ccc2c([N+](=O)[O-])c(O)c(O)cc2c1. The van der Waals surface area contributed by atoms with Crippen LogP contribution in [0.1, 0.15) is 0 Å². The number of non-ortho nitro benzene ring substituents is 1. The zero-order chi connectivity index (χ0) is 13.4. The average molecular weight is 250 g/mol. The van der Waals surface area contributed by atoms with E-state index in [-0.39, 0.29) is 16.5 Å². The maximum absolute atomic E-state index is 10.8. The van der Waals surface area contributed by atoms with Gasteiger partial charge < -0.3 is 10.2 Å². The van der Waals surface area contributed by atoms with Crippen LogP contribution in [0.15, 0.2) is 24.3 Å². The van der Waals surface area contributed by atoms with Crippen LogP contribution in [0.2, 0.25) is 0 Å². The third kappa shape index (κ3) is 1.65. The van der Waals surface area contributed by atoms with Gasteiger partial charge in [0, 0.05) is 12.1 Å². The van der Waals surface area contributed by atoms with Gasteiger partial charge >= 0.3 is 5.69 Å². The largest absolute Gasteiger partial charge is 0.504 e. The molecule has 18 heavy (non-hydrogen) atoms. The number of benzene rings is 2. The van der Waals surface area contributed by atoms with Crippen LogP contribution in [0.4, 0.5) is 11.4 Å². The summed E-state index contributed by atoms with van der Waals surface area (Å²) < 4.78 is 0. The molecule has 0 atom stereocenters. The van der Waals surface area contributed by atoms with Crippen molar-refractivity contribution in [3.8, 4) is 11.5 Å². The maximum atomic E-state index is 10.8. The van der Waals surface area contributed by atoms with E-state index in [0.717, 1.165) is 24.3 Å². The van der Waals surface area contributed by atoms with Crippen molar-refractivity contribution < 1.29 is 20.1 Å². The van der Waals surface area contributed by atoms with Gasteiger partial charge in [0.1, 0.15) is 0 Å². The summed E-state index contributed by atoms with van der Waals surface area (Å²) in [6, 6.07) is 4.36. The molecule has 0 unspecified atom stereocenters. The first-order chi connectivity index (χ1) is 8.41. The highest BCUT2D eigenvalue weighted by atomic mass is 16.6. The van der Waals surface area contributed by atoms with Gasteiger partial charge in [-0.3, -0.25) is 20.2 Å². The Labute approximate surface area is 99.0 Å². The van der Waals surface area contributed by atoms with Gasteiger partial charge in [0.25, 0.3) is 5.69 Å². The predicted octanol–water partition coefficient (Wildman–Crippen LogP) is 2.07. The summed E-state index contributed by atoms with van der Waals surface area (Å²) in [6.45, 7) is 0. The number of phenols is 2. The Bertz CT molecular complexity index is 682. The van der Waals surface area contributed by atoms with Crippen LogP contribution in [0, 0.1) is 20.2 Å². The van der Waals surface area contributed by atoms with E-state index < -0.39 is 27.0 Å². The molecule has 0 bridgehead atoms. The number of phenolic OH excluding ortho intramolecular Hbond substituents is 2. The monoisotopic (exact) mass is 250 g/mol. The molecule has 0 saturated carbocycles. The molecule has 0 saturated heterocycles. The summed E-state index contributed by atoms with van der Waals surface area (Å²) in [7, 11) is 0. The minimum atomic E-state index is -0.860. The number of rotatable bonds is 2. The first-order valence-corrected chi connectivity index (χ1v) is 4.69. The second-order valence-corrected chi connectivity index (χ2v) is 3.51. The fraction of sp³-hybridized carbons (Fsp3) is 0.